The van der Waals surface area contributed by atoms with Crippen molar-refractivity contribution in [2.45, 2.75) is 75.4 Å². The topological polar surface area (TPSA) is 78.9 Å². The van der Waals surface area contributed by atoms with E-state index in [-0.39, 0.29) is 30.0 Å². The van der Waals surface area contributed by atoms with E-state index in [0.29, 0.717) is 19.4 Å². The molecule has 0 N–H and O–H groups in total. The van der Waals surface area contributed by atoms with E-state index in [1.54, 1.807) is 0 Å². The van der Waals surface area contributed by atoms with Gasteiger partial charge in [-0.1, -0.05) is 25.3 Å². The number of sulfone groups is 1. The number of carbonyl (C=O) groups excluding carboxylic acids is 1. The summed E-state index contributed by atoms with van der Waals surface area (Å²) in [7, 11) is -1.84. The van der Waals surface area contributed by atoms with Crippen LogP contribution in [0, 0.1) is 5.92 Å². The van der Waals surface area contributed by atoms with Gasteiger partial charge >= 0.3 is 5.97 Å². The minimum Gasteiger partial charge on any atom is -0.469 e. The number of hydrogen-bond acceptors (Lipinski definition) is 6. The highest BCUT2D eigenvalue weighted by Crippen LogP contribution is 2.37. The summed E-state index contributed by atoms with van der Waals surface area (Å²) < 4.78 is 42.7. The minimum atomic E-state index is -3.23. The molecule has 4 unspecified atom stereocenters. The zero-order valence-corrected chi connectivity index (χ0v) is 20.3. The lowest BCUT2D eigenvalue weighted by Crippen LogP contribution is -2.32. The van der Waals surface area contributed by atoms with Crippen molar-refractivity contribution >= 4 is 47.7 Å². The SMILES string of the molecule is COC(=O)CCCCCCC1C(C=C(Br)Br)C(OC2CCCCO2)CS1(=O)=O. The number of methoxy groups -OCH3 is 1. The Hall–Kier alpha value is 0.0400. The van der Waals surface area contributed by atoms with Crippen molar-refractivity contribution < 1.29 is 27.4 Å². The molecule has 4 atom stereocenters. The van der Waals surface area contributed by atoms with Crippen molar-refractivity contribution in [2.75, 3.05) is 19.5 Å². The Balaban J connectivity index is 1.92. The highest BCUT2D eigenvalue weighted by molar-refractivity contribution is 9.28. The number of ether oxygens (including phenoxy) is 3. The van der Waals surface area contributed by atoms with Crippen molar-refractivity contribution in [3.8, 4) is 0 Å². The molecule has 0 bridgehead atoms. The predicted octanol–water partition coefficient (Wildman–Crippen LogP) is 4.46. The second kappa shape index (κ2) is 12.0. The van der Waals surface area contributed by atoms with E-state index in [0.717, 1.165) is 48.3 Å². The summed E-state index contributed by atoms with van der Waals surface area (Å²) in [6.45, 7) is 0.668. The van der Waals surface area contributed by atoms with Gasteiger partial charge in [-0.3, -0.25) is 4.79 Å². The first-order valence-corrected chi connectivity index (χ1v) is 13.2. The van der Waals surface area contributed by atoms with Crippen molar-refractivity contribution in [1.82, 2.24) is 0 Å². The molecule has 6 nitrogen and oxygen atoms in total. The summed E-state index contributed by atoms with van der Waals surface area (Å²) in [5.41, 5.74) is 0. The lowest BCUT2D eigenvalue weighted by molar-refractivity contribution is -0.188. The van der Waals surface area contributed by atoms with E-state index in [9.17, 15) is 13.2 Å². The van der Waals surface area contributed by atoms with E-state index >= 15 is 0 Å². The van der Waals surface area contributed by atoms with Gasteiger partial charge in [0, 0.05) is 18.9 Å². The molecule has 0 saturated carbocycles. The standard InChI is InChI=1S/C19H30Br2O6S/c1-25-18(22)9-5-3-2-4-8-16-14(12-17(20)21)15(13-28(16,23)24)27-19-10-6-7-11-26-19/h12,14-16,19H,2-11,13H2,1H3. The Morgan fingerprint density at radius 1 is 1.18 bits per heavy atom. The summed E-state index contributed by atoms with van der Waals surface area (Å²) in [4.78, 5) is 11.1. The monoisotopic (exact) mass is 544 g/mol. The van der Waals surface area contributed by atoms with Crippen LogP contribution in [0.3, 0.4) is 0 Å². The normalized spacial score (nSPS) is 29.4. The number of hydrogen-bond donors (Lipinski definition) is 0. The summed E-state index contributed by atoms with van der Waals surface area (Å²) in [6.07, 6.45) is 8.46. The van der Waals surface area contributed by atoms with Crippen LogP contribution in [0.1, 0.15) is 57.8 Å². The Bertz CT molecular complexity index is 626. The van der Waals surface area contributed by atoms with Crippen LogP contribution in [0.25, 0.3) is 0 Å². The van der Waals surface area contributed by atoms with E-state index in [1.807, 2.05) is 6.08 Å². The van der Waals surface area contributed by atoms with Crippen molar-refractivity contribution in [1.29, 1.82) is 0 Å². The van der Waals surface area contributed by atoms with E-state index in [2.05, 4.69) is 36.6 Å². The Morgan fingerprint density at radius 2 is 1.93 bits per heavy atom. The molecule has 2 aliphatic heterocycles. The van der Waals surface area contributed by atoms with E-state index in [1.165, 1.54) is 7.11 Å². The molecular formula is C19H30Br2O6S. The second-order valence-corrected chi connectivity index (χ2v) is 12.4. The molecule has 0 amide bonds. The van der Waals surface area contributed by atoms with Gasteiger partial charge < -0.3 is 14.2 Å². The van der Waals surface area contributed by atoms with Gasteiger partial charge in [-0.05, 0) is 64.0 Å². The first kappa shape index (κ1) is 24.3. The summed E-state index contributed by atoms with van der Waals surface area (Å²) >= 11 is 6.75. The molecule has 0 aromatic rings. The first-order chi connectivity index (χ1) is 13.3. The molecule has 2 saturated heterocycles. The first-order valence-electron chi connectivity index (χ1n) is 9.91. The number of esters is 1. The van der Waals surface area contributed by atoms with Crippen molar-refractivity contribution in [3.05, 3.63) is 9.47 Å². The summed E-state index contributed by atoms with van der Waals surface area (Å²) in [5, 5.41) is -0.452. The van der Waals surface area contributed by atoms with Gasteiger partial charge in [0.2, 0.25) is 0 Å². The molecule has 28 heavy (non-hydrogen) atoms. The molecule has 0 aromatic heterocycles. The molecule has 0 aliphatic carbocycles. The second-order valence-electron chi connectivity index (χ2n) is 7.40. The average Bonchev–Trinajstić information content (AvgIpc) is 2.87. The minimum absolute atomic E-state index is 0.0360. The zero-order chi connectivity index (χ0) is 20.6. The third-order valence-electron chi connectivity index (χ3n) is 5.35. The lowest BCUT2D eigenvalue weighted by atomic mass is 9.95. The van der Waals surface area contributed by atoms with Crippen LogP contribution in [0.4, 0.5) is 0 Å². The Morgan fingerprint density at radius 3 is 2.57 bits per heavy atom. The molecule has 2 aliphatic rings. The third kappa shape index (κ3) is 7.70. The van der Waals surface area contributed by atoms with Gasteiger partial charge in [0.1, 0.15) is 0 Å². The smallest absolute Gasteiger partial charge is 0.305 e. The van der Waals surface area contributed by atoms with Gasteiger partial charge in [0.15, 0.2) is 16.1 Å². The van der Waals surface area contributed by atoms with Crippen LogP contribution in [0.5, 0.6) is 0 Å². The average molecular weight is 546 g/mol. The largest absolute Gasteiger partial charge is 0.469 e. The number of carbonyl (C=O) groups is 1. The summed E-state index contributed by atoms with van der Waals surface area (Å²) in [5.74, 6) is -0.371. The highest BCUT2D eigenvalue weighted by atomic mass is 79.9. The van der Waals surface area contributed by atoms with Crippen LogP contribution in [-0.2, 0) is 28.8 Å². The van der Waals surface area contributed by atoms with Crippen LogP contribution in [0.15, 0.2) is 9.47 Å². The fraction of sp³-hybridized carbons (Fsp3) is 0.842. The molecule has 2 rings (SSSR count). The van der Waals surface area contributed by atoms with Gasteiger partial charge in [-0.2, -0.15) is 0 Å². The van der Waals surface area contributed by atoms with Crippen molar-refractivity contribution in [2.24, 2.45) is 5.92 Å². The molecule has 2 heterocycles. The van der Waals surface area contributed by atoms with Crippen molar-refractivity contribution in [3.63, 3.8) is 0 Å². The maximum Gasteiger partial charge on any atom is 0.305 e. The maximum atomic E-state index is 12.8. The fourth-order valence-corrected chi connectivity index (χ4v) is 6.76. The zero-order valence-electron chi connectivity index (χ0n) is 16.3. The predicted molar refractivity (Wildman–Crippen MR) is 115 cm³/mol. The van der Waals surface area contributed by atoms with Crippen LogP contribution in [0.2, 0.25) is 0 Å². The highest BCUT2D eigenvalue weighted by Gasteiger charge is 2.47. The number of unbranched alkanes of at least 4 members (excludes halogenated alkanes) is 3. The lowest BCUT2D eigenvalue weighted by Gasteiger charge is -2.28. The maximum absolute atomic E-state index is 12.8. The third-order valence-corrected chi connectivity index (χ3v) is 8.14. The van der Waals surface area contributed by atoms with Gasteiger partial charge in [-0.15, -0.1) is 0 Å². The molecule has 162 valence electrons. The van der Waals surface area contributed by atoms with Gasteiger partial charge in [-0.25, -0.2) is 8.42 Å². The Labute approximate surface area is 184 Å². The molecule has 0 aromatic carbocycles. The van der Waals surface area contributed by atoms with Crippen LogP contribution >= 0.6 is 31.9 Å². The van der Waals surface area contributed by atoms with Gasteiger partial charge in [0.05, 0.1) is 27.6 Å². The van der Waals surface area contributed by atoms with Crippen LogP contribution < -0.4 is 0 Å². The number of rotatable bonds is 10. The summed E-state index contributed by atoms with van der Waals surface area (Å²) in [6, 6.07) is 0. The quantitative estimate of drug-likeness (QED) is 0.298. The Kier molecular flexibility index (Phi) is 10.4. The molecule has 2 fully saturated rings. The number of halogens is 2. The van der Waals surface area contributed by atoms with Crippen LogP contribution in [-0.4, -0.2) is 51.5 Å². The van der Waals surface area contributed by atoms with E-state index in [4.69, 9.17) is 9.47 Å². The molecule has 0 radical (unpaired) electrons. The molecule has 0 spiro atoms. The van der Waals surface area contributed by atoms with Gasteiger partial charge in [0.25, 0.3) is 0 Å². The molecular weight excluding hydrogens is 516 g/mol. The molecule has 9 heteroatoms. The van der Waals surface area contributed by atoms with E-state index < -0.39 is 15.1 Å². The fourth-order valence-electron chi connectivity index (χ4n) is 3.89.